The van der Waals surface area contributed by atoms with Crippen LogP contribution in [-0.4, -0.2) is 61.9 Å². The van der Waals surface area contributed by atoms with Crippen LogP contribution in [0.4, 0.5) is 5.69 Å². The molecule has 3 rings (SSSR count). The predicted molar refractivity (Wildman–Crippen MR) is 113 cm³/mol. The highest BCUT2D eigenvalue weighted by Gasteiger charge is 2.21. The van der Waals surface area contributed by atoms with E-state index in [9.17, 15) is 14.4 Å². The molecule has 2 saturated heterocycles. The summed E-state index contributed by atoms with van der Waals surface area (Å²) >= 11 is 0. The fourth-order valence-corrected chi connectivity index (χ4v) is 3.86. The molecule has 2 N–H and O–H groups in total. The van der Waals surface area contributed by atoms with E-state index in [-0.39, 0.29) is 24.3 Å². The highest BCUT2D eigenvalue weighted by Crippen LogP contribution is 2.21. The van der Waals surface area contributed by atoms with E-state index < -0.39 is 0 Å². The van der Waals surface area contributed by atoms with Crippen LogP contribution in [-0.2, 0) is 9.59 Å². The van der Waals surface area contributed by atoms with Crippen LogP contribution in [0.1, 0.15) is 49.4 Å². The molecule has 29 heavy (non-hydrogen) atoms. The average molecular weight is 401 g/mol. The molecule has 0 unspecified atom stereocenters. The van der Waals surface area contributed by atoms with Crippen LogP contribution in [0.25, 0.3) is 0 Å². The zero-order valence-electron chi connectivity index (χ0n) is 17.3. The number of anilines is 1. The van der Waals surface area contributed by atoms with Gasteiger partial charge in [-0.25, -0.2) is 0 Å². The van der Waals surface area contributed by atoms with Gasteiger partial charge in [0.15, 0.2) is 0 Å². The fourth-order valence-electron chi connectivity index (χ4n) is 3.86. The van der Waals surface area contributed by atoms with Gasteiger partial charge in [-0.05, 0) is 75.5 Å². The molecule has 2 aliphatic rings. The third-order valence-corrected chi connectivity index (χ3v) is 5.77. The Morgan fingerprint density at radius 1 is 1.07 bits per heavy atom. The number of carbonyl (C=O) groups excluding carboxylic acids is 3. The topological polar surface area (TPSA) is 81.8 Å². The van der Waals surface area contributed by atoms with E-state index in [2.05, 4.69) is 22.5 Å². The number of likely N-dealkylation sites (tertiary alicyclic amines) is 1. The van der Waals surface area contributed by atoms with E-state index >= 15 is 0 Å². The van der Waals surface area contributed by atoms with Gasteiger partial charge in [0.25, 0.3) is 5.91 Å². The normalized spacial score (nSPS) is 18.1. The van der Waals surface area contributed by atoms with Gasteiger partial charge in [-0.1, -0.05) is 6.92 Å². The second-order valence-corrected chi connectivity index (χ2v) is 8.11. The molecule has 7 heteroatoms. The Morgan fingerprint density at radius 2 is 1.79 bits per heavy atom. The summed E-state index contributed by atoms with van der Waals surface area (Å²) in [6, 6.07) is 6.93. The molecule has 0 aliphatic carbocycles. The smallest absolute Gasteiger partial charge is 0.251 e. The second-order valence-electron chi connectivity index (χ2n) is 8.11. The molecule has 2 heterocycles. The van der Waals surface area contributed by atoms with Crippen LogP contribution in [0.2, 0.25) is 0 Å². The number of hydrogen-bond acceptors (Lipinski definition) is 4. The minimum atomic E-state index is -0.290. The van der Waals surface area contributed by atoms with Crippen LogP contribution >= 0.6 is 0 Å². The van der Waals surface area contributed by atoms with E-state index in [4.69, 9.17) is 0 Å². The van der Waals surface area contributed by atoms with Gasteiger partial charge in [0.1, 0.15) is 0 Å². The third-order valence-electron chi connectivity index (χ3n) is 5.77. The van der Waals surface area contributed by atoms with E-state index in [0.717, 1.165) is 50.6 Å². The van der Waals surface area contributed by atoms with Gasteiger partial charge >= 0.3 is 0 Å². The number of carbonyl (C=O) groups is 3. The number of benzene rings is 1. The molecule has 7 nitrogen and oxygen atoms in total. The maximum absolute atomic E-state index is 12.2. The number of nitrogens with zero attached hydrogens (tertiary/aromatic N) is 2. The van der Waals surface area contributed by atoms with Crippen molar-refractivity contribution in [3.05, 3.63) is 29.8 Å². The van der Waals surface area contributed by atoms with E-state index in [1.165, 1.54) is 12.8 Å². The molecule has 1 aromatic carbocycles. The molecule has 0 saturated carbocycles. The third kappa shape index (κ3) is 6.29. The Balaban J connectivity index is 1.32. The highest BCUT2D eigenvalue weighted by molar-refractivity contribution is 5.98. The summed E-state index contributed by atoms with van der Waals surface area (Å²) < 4.78 is 0. The summed E-state index contributed by atoms with van der Waals surface area (Å²) in [6.45, 7) is 6.92. The standard InChI is InChI=1S/C22H32N4O3/c1-17-9-14-25(15-10-17)12-3-11-23-20(27)16-24-22(29)18-5-7-19(8-6-18)26-13-2-4-21(26)28/h5-8,17H,2-4,9-16H2,1H3,(H,23,27)(H,24,29). The summed E-state index contributed by atoms with van der Waals surface area (Å²) in [4.78, 5) is 40.2. The zero-order chi connectivity index (χ0) is 20.6. The first kappa shape index (κ1) is 21.3. The first-order valence-electron chi connectivity index (χ1n) is 10.7. The summed E-state index contributed by atoms with van der Waals surface area (Å²) in [5.74, 6) is 0.481. The highest BCUT2D eigenvalue weighted by atomic mass is 16.2. The molecule has 0 spiro atoms. The predicted octanol–water partition coefficient (Wildman–Crippen LogP) is 1.78. The molecular formula is C22H32N4O3. The lowest BCUT2D eigenvalue weighted by Crippen LogP contribution is -2.39. The van der Waals surface area contributed by atoms with Crippen molar-refractivity contribution < 1.29 is 14.4 Å². The summed E-state index contributed by atoms with van der Waals surface area (Å²) in [6.07, 6.45) is 4.88. The molecule has 2 aliphatic heterocycles. The maximum Gasteiger partial charge on any atom is 0.251 e. The number of rotatable bonds is 8. The Morgan fingerprint density at radius 3 is 2.45 bits per heavy atom. The van der Waals surface area contributed by atoms with Gasteiger partial charge in [-0.3, -0.25) is 14.4 Å². The summed E-state index contributed by atoms with van der Waals surface area (Å²) in [7, 11) is 0. The monoisotopic (exact) mass is 400 g/mol. The van der Waals surface area contributed by atoms with Crippen molar-refractivity contribution >= 4 is 23.4 Å². The Hall–Kier alpha value is -2.41. The summed E-state index contributed by atoms with van der Waals surface area (Å²) in [5, 5.41) is 5.51. The lowest BCUT2D eigenvalue weighted by atomic mass is 9.99. The van der Waals surface area contributed by atoms with E-state index in [0.29, 0.717) is 18.5 Å². The summed E-state index contributed by atoms with van der Waals surface area (Å²) in [5.41, 5.74) is 1.29. The van der Waals surface area contributed by atoms with Gasteiger partial charge < -0.3 is 20.4 Å². The molecule has 0 bridgehead atoms. The van der Waals surface area contributed by atoms with Crippen molar-refractivity contribution in [3.63, 3.8) is 0 Å². The first-order valence-corrected chi connectivity index (χ1v) is 10.7. The van der Waals surface area contributed by atoms with Gasteiger partial charge in [-0.2, -0.15) is 0 Å². The van der Waals surface area contributed by atoms with Crippen molar-refractivity contribution in [2.24, 2.45) is 5.92 Å². The van der Waals surface area contributed by atoms with Gasteiger partial charge in [0.05, 0.1) is 6.54 Å². The number of hydrogen-bond donors (Lipinski definition) is 2. The number of amides is 3. The zero-order valence-corrected chi connectivity index (χ0v) is 17.3. The molecule has 2 fully saturated rings. The Bertz CT molecular complexity index is 711. The molecule has 1 aromatic rings. The van der Waals surface area contributed by atoms with Crippen LogP contribution in [0.3, 0.4) is 0 Å². The first-order chi connectivity index (χ1) is 14.0. The minimum absolute atomic E-state index is 0.0353. The number of nitrogens with one attached hydrogen (secondary N) is 2. The van der Waals surface area contributed by atoms with Gasteiger partial charge in [0, 0.05) is 30.8 Å². The van der Waals surface area contributed by atoms with E-state index in [1.54, 1.807) is 29.2 Å². The molecule has 0 atom stereocenters. The quantitative estimate of drug-likeness (QED) is 0.652. The van der Waals surface area contributed by atoms with Gasteiger partial charge in [-0.15, -0.1) is 0 Å². The van der Waals surface area contributed by atoms with Crippen molar-refractivity contribution in [1.82, 2.24) is 15.5 Å². The van der Waals surface area contributed by atoms with Crippen molar-refractivity contribution in [2.75, 3.05) is 44.2 Å². The lowest BCUT2D eigenvalue weighted by Gasteiger charge is -2.30. The van der Waals surface area contributed by atoms with Crippen LogP contribution < -0.4 is 15.5 Å². The molecule has 0 radical (unpaired) electrons. The fraction of sp³-hybridized carbons (Fsp3) is 0.591. The molecule has 3 amide bonds. The van der Waals surface area contributed by atoms with Crippen LogP contribution in [0, 0.1) is 5.92 Å². The SMILES string of the molecule is CC1CCN(CCCNC(=O)CNC(=O)c2ccc(N3CCCC3=O)cc2)CC1. The lowest BCUT2D eigenvalue weighted by molar-refractivity contribution is -0.120. The molecular weight excluding hydrogens is 368 g/mol. The minimum Gasteiger partial charge on any atom is -0.355 e. The Labute approximate surface area is 172 Å². The molecule has 0 aromatic heterocycles. The van der Waals surface area contributed by atoms with Crippen molar-refractivity contribution in [2.45, 2.75) is 39.0 Å². The molecule has 158 valence electrons. The largest absolute Gasteiger partial charge is 0.355 e. The average Bonchev–Trinajstić information content (AvgIpc) is 3.16. The van der Waals surface area contributed by atoms with Crippen LogP contribution in [0.15, 0.2) is 24.3 Å². The van der Waals surface area contributed by atoms with Crippen LogP contribution in [0.5, 0.6) is 0 Å². The maximum atomic E-state index is 12.2. The number of piperidine rings is 1. The van der Waals surface area contributed by atoms with E-state index in [1.807, 2.05) is 0 Å². The Kier molecular flexibility index (Phi) is 7.63. The van der Waals surface area contributed by atoms with Crippen molar-refractivity contribution in [3.8, 4) is 0 Å². The second kappa shape index (κ2) is 10.4. The van der Waals surface area contributed by atoms with Gasteiger partial charge in [0.2, 0.25) is 11.8 Å². The van der Waals surface area contributed by atoms with Crippen molar-refractivity contribution in [1.29, 1.82) is 0 Å².